The third-order valence-corrected chi connectivity index (χ3v) is 3.04. The summed E-state index contributed by atoms with van der Waals surface area (Å²) in [5, 5.41) is 3.48. The Hall–Kier alpha value is -1.02. The SMILES string of the molecule is Cc1ccc(NC(C)(C)CN)c(C)c1C. The van der Waals surface area contributed by atoms with Crippen LogP contribution < -0.4 is 11.1 Å². The lowest BCUT2D eigenvalue weighted by atomic mass is 9.99. The van der Waals surface area contributed by atoms with Gasteiger partial charge in [-0.15, -0.1) is 0 Å². The normalized spacial score (nSPS) is 11.6. The monoisotopic (exact) mass is 206 g/mol. The van der Waals surface area contributed by atoms with Crippen molar-refractivity contribution in [1.82, 2.24) is 0 Å². The number of aryl methyl sites for hydroxylation is 1. The van der Waals surface area contributed by atoms with Gasteiger partial charge in [-0.05, 0) is 57.4 Å². The van der Waals surface area contributed by atoms with Crippen LogP contribution in [0.3, 0.4) is 0 Å². The Bertz CT molecular complexity index is 354. The first-order chi connectivity index (χ1) is 6.87. The maximum Gasteiger partial charge on any atom is 0.0439 e. The van der Waals surface area contributed by atoms with Gasteiger partial charge < -0.3 is 11.1 Å². The molecule has 2 heteroatoms. The van der Waals surface area contributed by atoms with Crippen molar-refractivity contribution in [3.63, 3.8) is 0 Å². The number of hydrogen-bond acceptors (Lipinski definition) is 2. The van der Waals surface area contributed by atoms with Crippen molar-refractivity contribution in [3.8, 4) is 0 Å². The summed E-state index contributed by atoms with van der Waals surface area (Å²) in [6.07, 6.45) is 0. The van der Waals surface area contributed by atoms with Gasteiger partial charge in [-0.1, -0.05) is 6.07 Å². The minimum atomic E-state index is -0.0491. The van der Waals surface area contributed by atoms with E-state index in [2.05, 4.69) is 52.1 Å². The quantitative estimate of drug-likeness (QED) is 0.798. The fraction of sp³-hybridized carbons (Fsp3) is 0.538. The summed E-state index contributed by atoms with van der Waals surface area (Å²) in [7, 11) is 0. The Labute approximate surface area is 92.9 Å². The van der Waals surface area contributed by atoms with Crippen LogP contribution in [0.25, 0.3) is 0 Å². The largest absolute Gasteiger partial charge is 0.379 e. The zero-order chi connectivity index (χ0) is 11.6. The van der Waals surface area contributed by atoms with E-state index in [1.54, 1.807) is 0 Å². The molecular weight excluding hydrogens is 184 g/mol. The maximum absolute atomic E-state index is 5.71. The summed E-state index contributed by atoms with van der Waals surface area (Å²) >= 11 is 0. The van der Waals surface area contributed by atoms with E-state index in [1.165, 1.54) is 22.4 Å². The first-order valence-corrected chi connectivity index (χ1v) is 5.42. The molecule has 0 radical (unpaired) electrons. The molecule has 0 amide bonds. The van der Waals surface area contributed by atoms with Crippen molar-refractivity contribution in [3.05, 3.63) is 28.8 Å². The van der Waals surface area contributed by atoms with Crippen LogP contribution >= 0.6 is 0 Å². The fourth-order valence-corrected chi connectivity index (χ4v) is 1.51. The summed E-state index contributed by atoms with van der Waals surface area (Å²) in [6.45, 7) is 11.3. The molecule has 15 heavy (non-hydrogen) atoms. The molecule has 3 N–H and O–H groups in total. The van der Waals surface area contributed by atoms with E-state index in [-0.39, 0.29) is 5.54 Å². The van der Waals surface area contributed by atoms with Gasteiger partial charge in [-0.25, -0.2) is 0 Å². The Morgan fingerprint density at radius 3 is 2.27 bits per heavy atom. The number of benzene rings is 1. The molecule has 84 valence electrons. The topological polar surface area (TPSA) is 38.0 Å². The van der Waals surface area contributed by atoms with Crippen LogP contribution in [0.15, 0.2) is 12.1 Å². The van der Waals surface area contributed by atoms with E-state index in [1.807, 2.05) is 0 Å². The van der Waals surface area contributed by atoms with Gasteiger partial charge in [-0.3, -0.25) is 0 Å². The van der Waals surface area contributed by atoms with E-state index in [4.69, 9.17) is 5.73 Å². The molecule has 0 saturated carbocycles. The second-order valence-electron chi connectivity index (χ2n) is 4.89. The van der Waals surface area contributed by atoms with Crippen LogP contribution in [0.2, 0.25) is 0 Å². The van der Waals surface area contributed by atoms with Gasteiger partial charge in [0, 0.05) is 17.8 Å². The minimum absolute atomic E-state index is 0.0491. The zero-order valence-electron chi connectivity index (χ0n) is 10.4. The molecule has 1 aromatic carbocycles. The van der Waals surface area contributed by atoms with Gasteiger partial charge in [0.25, 0.3) is 0 Å². The molecule has 1 rings (SSSR count). The van der Waals surface area contributed by atoms with Crippen molar-refractivity contribution in [1.29, 1.82) is 0 Å². The van der Waals surface area contributed by atoms with E-state index in [0.717, 1.165) is 0 Å². The lowest BCUT2D eigenvalue weighted by molar-refractivity contribution is 0.579. The van der Waals surface area contributed by atoms with Gasteiger partial charge in [0.15, 0.2) is 0 Å². The van der Waals surface area contributed by atoms with Gasteiger partial charge in [0.05, 0.1) is 0 Å². The molecule has 0 aliphatic heterocycles. The van der Waals surface area contributed by atoms with Crippen LogP contribution in [0.4, 0.5) is 5.69 Å². The van der Waals surface area contributed by atoms with Gasteiger partial charge in [0.1, 0.15) is 0 Å². The molecule has 0 aromatic heterocycles. The van der Waals surface area contributed by atoms with Gasteiger partial charge in [0.2, 0.25) is 0 Å². The number of rotatable bonds is 3. The smallest absolute Gasteiger partial charge is 0.0439 e. The van der Waals surface area contributed by atoms with Gasteiger partial charge in [-0.2, -0.15) is 0 Å². The van der Waals surface area contributed by atoms with Crippen molar-refractivity contribution in [2.24, 2.45) is 5.73 Å². The number of nitrogens with one attached hydrogen (secondary N) is 1. The van der Waals surface area contributed by atoms with Crippen molar-refractivity contribution in [2.75, 3.05) is 11.9 Å². The molecule has 0 heterocycles. The van der Waals surface area contributed by atoms with Gasteiger partial charge >= 0.3 is 0 Å². The molecule has 0 saturated heterocycles. The predicted octanol–water partition coefficient (Wildman–Crippen LogP) is 2.76. The van der Waals surface area contributed by atoms with Crippen molar-refractivity contribution >= 4 is 5.69 Å². The second-order valence-corrected chi connectivity index (χ2v) is 4.89. The summed E-state index contributed by atoms with van der Waals surface area (Å²) in [5.74, 6) is 0. The highest BCUT2D eigenvalue weighted by atomic mass is 15.0. The van der Waals surface area contributed by atoms with Crippen LogP contribution in [0, 0.1) is 20.8 Å². The minimum Gasteiger partial charge on any atom is -0.379 e. The van der Waals surface area contributed by atoms with Crippen molar-refractivity contribution in [2.45, 2.75) is 40.2 Å². The molecule has 2 nitrogen and oxygen atoms in total. The van der Waals surface area contributed by atoms with Crippen molar-refractivity contribution < 1.29 is 0 Å². The van der Waals surface area contributed by atoms with Crippen LogP contribution in [-0.2, 0) is 0 Å². The van der Waals surface area contributed by atoms with Crippen LogP contribution in [-0.4, -0.2) is 12.1 Å². The second kappa shape index (κ2) is 4.23. The fourth-order valence-electron chi connectivity index (χ4n) is 1.51. The third kappa shape index (κ3) is 2.72. The highest BCUT2D eigenvalue weighted by Gasteiger charge is 2.16. The molecule has 0 aliphatic rings. The molecule has 0 unspecified atom stereocenters. The van der Waals surface area contributed by atoms with E-state index in [0.29, 0.717) is 6.54 Å². The first-order valence-electron chi connectivity index (χ1n) is 5.42. The first kappa shape index (κ1) is 12.1. The van der Waals surface area contributed by atoms with Crippen LogP contribution in [0.5, 0.6) is 0 Å². The average Bonchev–Trinajstić information content (AvgIpc) is 2.19. The summed E-state index contributed by atoms with van der Waals surface area (Å²) in [5.41, 5.74) is 10.9. The highest BCUT2D eigenvalue weighted by Crippen LogP contribution is 2.24. The lowest BCUT2D eigenvalue weighted by Gasteiger charge is -2.27. The molecule has 0 spiro atoms. The standard InChI is InChI=1S/C13H22N2/c1-9-6-7-12(11(3)10(9)2)15-13(4,5)8-14/h6-7,15H,8,14H2,1-5H3. The molecule has 0 aliphatic carbocycles. The molecule has 1 aromatic rings. The summed E-state index contributed by atoms with van der Waals surface area (Å²) in [6, 6.07) is 4.28. The number of nitrogens with two attached hydrogens (primary N) is 1. The Morgan fingerprint density at radius 2 is 1.73 bits per heavy atom. The van der Waals surface area contributed by atoms with E-state index in [9.17, 15) is 0 Å². The molecule has 0 atom stereocenters. The van der Waals surface area contributed by atoms with E-state index < -0.39 is 0 Å². The van der Waals surface area contributed by atoms with Crippen LogP contribution in [0.1, 0.15) is 30.5 Å². The highest BCUT2D eigenvalue weighted by molar-refractivity contribution is 5.57. The molecule has 0 bridgehead atoms. The average molecular weight is 206 g/mol. The Balaban J connectivity index is 3.02. The van der Waals surface area contributed by atoms with E-state index >= 15 is 0 Å². The number of hydrogen-bond donors (Lipinski definition) is 2. The summed E-state index contributed by atoms with van der Waals surface area (Å²) < 4.78 is 0. The third-order valence-electron chi connectivity index (χ3n) is 3.04. The Morgan fingerprint density at radius 1 is 1.13 bits per heavy atom. The summed E-state index contributed by atoms with van der Waals surface area (Å²) in [4.78, 5) is 0. The number of anilines is 1. The lowest BCUT2D eigenvalue weighted by Crippen LogP contribution is -2.39. The molecular formula is C13H22N2. The molecule has 0 fully saturated rings. The zero-order valence-corrected chi connectivity index (χ0v) is 10.4. The Kier molecular flexibility index (Phi) is 3.40. The maximum atomic E-state index is 5.71. The predicted molar refractivity (Wildman–Crippen MR) is 67.4 cm³/mol.